The Kier molecular flexibility index (Phi) is 5.62. The van der Waals surface area contributed by atoms with Crippen LogP contribution in [0.3, 0.4) is 0 Å². The number of carbonyl (C=O) groups is 1. The molecule has 12 heteroatoms. The number of H-pyrrole nitrogens is 1. The number of nitrogens with two attached hydrogens (primary N) is 1. The largest absolute Gasteiger partial charge is 0.396 e. The maximum Gasteiger partial charge on any atom is 0.320 e. The topological polar surface area (TPSA) is 150 Å². The van der Waals surface area contributed by atoms with Crippen LogP contribution in [0.5, 0.6) is 0 Å². The van der Waals surface area contributed by atoms with Gasteiger partial charge in [0.15, 0.2) is 11.7 Å². The third-order valence-electron chi connectivity index (χ3n) is 3.88. The molecule has 1 aliphatic rings. The molecule has 2 amide bonds. The summed E-state index contributed by atoms with van der Waals surface area (Å²) in [6.45, 7) is 5.94. The van der Waals surface area contributed by atoms with Crippen LogP contribution in [0.15, 0.2) is 52.3 Å². The molecule has 0 fully saturated rings. The highest BCUT2D eigenvalue weighted by Crippen LogP contribution is 2.25. The predicted molar refractivity (Wildman–Crippen MR) is 105 cm³/mol. The molecule has 0 atom stereocenters. The molecule has 0 saturated heterocycles. The van der Waals surface area contributed by atoms with Crippen LogP contribution in [-0.2, 0) is 0 Å². The number of carbonyl (C=O) groups excluding carboxylic acids is 1. The lowest BCUT2D eigenvalue weighted by Gasteiger charge is -2.15. The number of aliphatic imine (C=N–C) groups is 2. The smallest absolute Gasteiger partial charge is 0.320 e. The van der Waals surface area contributed by atoms with E-state index in [1.807, 2.05) is 0 Å². The summed E-state index contributed by atoms with van der Waals surface area (Å²) in [7, 11) is 1.65. The van der Waals surface area contributed by atoms with Crippen molar-refractivity contribution in [3.63, 3.8) is 0 Å². The highest BCUT2D eigenvalue weighted by Gasteiger charge is 2.31. The fourth-order valence-electron chi connectivity index (χ4n) is 2.56. The van der Waals surface area contributed by atoms with Crippen LogP contribution in [0.4, 0.5) is 9.18 Å². The second-order valence-electron chi connectivity index (χ2n) is 5.85. The van der Waals surface area contributed by atoms with Crippen LogP contribution in [-0.4, -0.2) is 56.8 Å². The Hall–Kier alpha value is -4.09. The zero-order valence-corrected chi connectivity index (χ0v) is 15.8. The van der Waals surface area contributed by atoms with E-state index in [2.05, 4.69) is 47.8 Å². The van der Waals surface area contributed by atoms with E-state index < -0.39 is 11.8 Å². The second-order valence-corrected chi connectivity index (χ2v) is 5.85. The Morgan fingerprint density at radius 2 is 2.17 bits per heavy atom. The van der Waals surface area contributed by atoms with E-state index in [9.17, 15) is 9.18 Å². The average molecular weight is 398 g/mol. The molecule has 0 unspecified atom stereocenters. The molecule has 1 aromatic heterocycles. The summed E-state index contributed by atoms with van der Waals surface area (Å²) in [5, 5.41) is 18.6. The first-order valence-corrected chi connectivity index (χ1v) is 8.56. The molecule has 0 bridgehead atoms. The van der Waals surface area contributed by atoms with Crippen molar-refractivity contribution in [3.05, 3.63) is 59.6 Å². The maximum absolute atomic E-state index is 14.3. The first-order chi connectivity index (χ1) is 13.9. The molecule has 2 heterocycles. The molecule has 29 heavy (non-hydrogen) atoms. The molecule has 0 saturated carbocycles. The van der Waals surface area contributed by atoms with Crippen molar-refractivity contribution in [2.24, 2.45) is 15.7 Å². The number of aromatic amines is 1. The summed E-state index contributed by atoms with van der Waals surface area (Å²) in [5.74, 6) is 0.346. The summed E-state index contributed by atoms with van der Waals surface area (Å²) in [4.78, 5) is 22.0. The fourth-order valence-corrected chi connectivity index (χ4v) is 2.56. The van der Waals surface area contributed by atoms with Crippen LogP contribution in [0.25, 0.3) is 5.70 Å². The molecular formula is C17H19FN10O. The second kappa shape index (κ2) is 8.29. The quantitative estimate of drug-likeness (QED) is 0.578. The summed E-state index contributed by atoms with van der Waals surface area (Å²) in [6.07, 6.45) is 0. The number of hydrogen-bond donors (Lipinski definition) is 4. The molecule has 3 rings (SSSR count). The normalized spacial score (nSPS) is 16.6. The third-order valence-corrected chi connectivity index (χ3v) is 3.88. The molecule has 0 aliphatic carbocycles. The lowest BCUT2D eigenvalue weighted by Crippen LogP contribution is -2.35. The maximum atomic E-state index is 14.3. The molecular weight excluding hydrogens is 379 g/mol. The number of nitrogens with one attached hydrogen (secondary N) is 3. The van der Waals surface area contributed by atoms with Crippen LogP contribution >= 0.6 is 0 Å². The summed E-state index contributed by atoms with van der Waals surface area (Å²) < 4.78 is 14.3. The molecule has 11 nitrogen and oxygen atoms in total. The van der Waals surface area contributed by atoms with E-state index in [0.717, 1.165) is 0 Å². The summed E-state index contributed by atoms with van der Waals surface area (Å²) in [5.41, 5.74) is 6.63. The number of tetrazole rings is 1. The van der Waals surface area contributed by atoms with E-state index in [-0.39, 0.29) is 34.4 Å². The van der Waals surface area contributed by atoms with Gasteiger partial charge < -0.3 is 16.0 Å². The van der Waals surface area contributed by atoms with Gasteiger partial charge in [0.1, 0.15) is 17.3 Å². The van der Waals surface area contributed by atoms with Gasteiger partial charge in [0.2, 0.25) is 5.82 Å². The van der Waals surface area contributed by atoms with Crippen LogP contribution in [0, 0.1) is 5.82 Å². The van der Waals surface area contributed by atoms with E-state index in [1.165, 1.54) is 12.1 Å². The highest BCUT2D eigenvalue weighted by atomic mass is 19.1. The minimum Gasteiger partial charge on any atom is -0.396 e. The number of nitrogens with zero attached hydrogens (tertiary/aromatic N) is 6. The monoisotopic (exact) mass is 398 g/mol. The number of benzene rings is 1. The van der Waals surface area contributed by atoms with E-state index in [1.54, 1.807) is 31.0 Å². The first kappa shape index (κ1) is 19.7. The van der Waals surface area contributed by atoms with Gasteiger partial charge in [0.05, 0.1) is 5.70 Å². The summed E-state index contributed by atoms with van der Waals surface area (Å²) >= 11 is 0. The number of rotatable bonds is 5. The molecule has 2 aromatic rings. The van der Waals surface area contributed by atoms with Crippen LogP contribution in [0.1, 0.15) is 18.3 Å². The van der Waals surface area contributed by atoms with Gasteiger partial charge in [0.25, 0.3) is 0 Å². The van der Waals surface area contributed by atoms with Crippen molar-refractivity contribution in [2.45, 2.75) is 6.92 Å². The van der Waals surface area contributed by atoms with E-state index in [4.69, 9.17) is 5.73 Å². The van der Waals surface area contributed by atoms with Crippen molar-refractivity contribution in [3.8, 4) is 0 Å². The Balaban J connectivity index is 2.07. The Morgan fingerprint density at radius 1 is 1.41 bits per heavy atom. The van der Waals surface area contributed by atoms with Crippen molar-refractivity contribution in [1.29, 1.82) is 0 Å². The predicted octanol–water partition coefficient (Wildman–Crippen LogP) is 0.547. The third kappa shape index (κ3) is 4.10. The Morgan fingerprint density at radius 3 is 2.83 bits per heavy atom. The fraction of sp³-hybridized carbons (Fsp3) is 0.176. The number of hydrogen-bond acceptors (Lipinski definition) is 7. The number of halogens is 1. The van der Waals surface area contributed by atoms with Gasteiger partial charge in [-0.1, -0.05) is 18.7 Å². The summed E-state index contributed by atoms with van der Waals surface area (Å²) in [6, 6.07) is 5.57. The van der Waals surface area contributed by atoms with Crippen molar-refractivity contribution < 1.29 is 9.18 Å². The number of urea groups is 1. The van der Waals surface area contributed by atoms with E-state index >= 15 is 0 Å². The number of aromatic nitrogens is 4. The van der Waals surface area contributed by atoms with Crippen LogP contribution < -0.4 is 16.4 Å². The standard InChI is InChI=1S/C17H19FN10O/c1-4-20-17(29)22-9(2)21-15-13(12(19)10-7-5-6-8-11(10)18)23-16(28(15)3)14-24-26-27-25-14/h5-8H,2,4,19H2,1,3H3,(H2,20,22,29)(H,24,25,26,27)/b13-12+,21-15+. The number of amides is 2. The number of amidine groups is 2. The highest BCUT2D eigenvalue weighted by molar-refractivity contribution is 6.21. The Bertz CT molecular complexity index is 1020. The molecule has 0 spiro atoms. The van der Waals surface area contributed by atoms with Gasteiger partial charge in [-0.2, -0.15) is 0 Å². The van der Waals surface area contributed by atoms with Crippen molar-refractivity contribution in [2.75, 3.05) is 13.6 Å². The lowest BCUT2D eigenvalue weighted by molar-refractivity contribution is 0.244. The first-order valence-electron chi connectivity index (χ1n) is 8.56. The van der Waals surface area contributed by atoms with Gasteiger partial charge in [-0.25, -0.2) is 24.3 Å². The Labute approximate surface area is 165 Å². The lowest BCUT2D eigenvalue weighted by atomic mass is 10.1. The SMILES string of the molecule is C=C(/N=C1\C(=C(/N)c2ccccc2F)N=C(c2nnn[nH]2)N1C)NC(=O)NCC. The van der Waals surface area contributed by atoms with Gasteiger partial charge in [-0.05, 0) is 29.5 Å². The molecule has 5 N–H and O–H groups in total. The van der Waals surface area contributed by atoms with E-state index in [0.29, 0.717) is 12.4 Å². The molecule has 150 valence electrons. The zero-order chi connectivity index (χ0) is 21.0. The van der Waals surface area contributed by atoms with Crippen molar-refractivity contribution >= 4 is 23.4 Å². The molecule has 1 aromatic carbocycles. The molecule has 1 aliphatic heterocycles. The van der Waals surface area contributed by atoms with Gasteiger partial charge in [0, 0.05) is 19.2 Å². The van der Waals surface area contributed by atoms with Gasteiger partial charge >= 0.3 is 6.03 Å². The van der Waals surface area contributed by atoms with Crippen LogP contribution in [0.2, 0.25) is 0 Å². The number of likely N-dealkylation sites (N-methyl/N-ethyl adjacent to an activating group) is 1. The zero-order valence-electron chi connectivity index (χ0n) is 15.8. The minimum atomic E-state index is -0.510. The molecule has 0 radical (unpaired) electrons. The van der Waals surface area contributed by atoms with Crippen molar-refractivity contribution in [1.82, 2.24) is 36.2 Å². The minimum absolute atomic E-state index is 0.0452. The van der Waals surface area contributed by atoms with Gasteiger partial charge in [-0.15, -0.1) is 5.10 Å². The average Bonchev–Trinajstić information content (AvgIpc) is 3.31. The van der Waals surface area contributed by atoms with Gasteiger partial charge in [-0.3, -0.25) is 5.32 Å².